The van der Waals surface area contributed by atoms with Gasteiger partial charge in [-0.25, -0.2) is 0 Å². The van der Waals surface area contributed by atoms with Gasteiger partial charge in [0.2, 0.25) is 17.8 Å². The van der Waals surface area contributed by atoms with Gasteiger partial charge >= 0.3 is 6.36 Å². The van der Waals surface area contributed by atoms with Crippen molar-refractivity contribution in [2.45, 2.75) is 44.9 Å². The maximum absolute atomic E-state index is 12.7. The van der Waals surface area contributed by atoms with Gasteiger partial charge in [0, 0.05) is 49.7 Å². The molecular weight excluding hydrogens is 527 g/mol. The molecule has 0 atom stereocenters. The van der Waals surface area contributed by atoms with Crippen LogP contribution in [0.15, 0.2) is 42.5 Å². The predicted octanol–water partition coefficient (Wildman–Crippen LogP) is 5.45. The van der Waals surface area contributed by atoms with E-state index in [4.69, 9.17) is 4.98 Å². The topological polar surface area (TPSA) is 116 Å². The molecule has 2 saturated heterocycles. The second kappa shape index (κ2) is 11.8. The molecule has 13 heteroatoms. The van der Waals surface area contributed by atoms with Crippen molar-refractivity contribution < 1.29 is 27.8 Å². The van der Waals surface area contributed by atoms with E-state index in [1.165, 1.54) is 37.1 Å². The molecule has 0 radical (unpaired) electrons. The summed E-state index contributed by atoms with van der Waals surface area (Å²) in [6, 6.07) is 9.24. The second-order valence-electron chi connectivity index (χ2n) is 9.74. The number of hydrogen-bond acceptors (Lipinski definition) is 9. The van der Waals surface area contributed by atoms with Crippen LogP contribution in [0.3, 0.4) is 0 Å². The normalized spacial score (nSPS) is 16.0. The molecule has 212 valence electrons. The Morgan fingerprint density at radius 3 is 2.02 bits per heavy atom. The highest BCUT2D eigenvalue weighted by Crippen LogP contribution is 2.29. The predicted molar refractivity (Wildman–Crippen MR) is 144 cm³/mol. The van der Waals surface area contributed by atoms with Gasteiger partial charge in [-0.05, 0) is 62.8 Å². The highest BCUT2D eigenvalue weighted by molar-refractivity contribution is 6.06. The average Bonchev–Trinajstić information content (AvgIpc) is 2.93. The maximum atomic E-state index is 12.7. The highest BCUT2D eigenvalue weighted by Gasteiger charge is 2.31. The minimum absolute atomic E-state index is 0.0636. The SMILES string of the molecule is O=C(Nc1cccc(OC(F)(F)F)c1)c1ccc(Nc2nc(N3CCCCC3)nc(N3CCCCC3)n2)cc1O. The highest BCUT2D eigenvalue weighted by atomic mass is 19.4. The molecule has 2 aliphatic heterocycles. The quantitative estimate of drug-likeness (QED) is 0.349. The van der Waals surface area contributed by atoms with Crippen molar-refractivity contribution in [2.24, 2.45) is 0 Å². The van der Waals surface area contributed by atoms with Crippen LogP contribution in [0, 0.1) is 0 Å². The summed E-state index contributed by atoms with van der Waals surface area (Å²) in [5, 5.41) is 16.2. The summed E-state index contributed by atoms with van der Waals surface area (Å²) in [5.41, 5.74) is 0.468. The van der Waals surface area contributed by atoms with Crippen LogP contribution in [-0.2, 0) is 0 Å². The molecule has 3 N–H and O–H groups in total. The number of anilines is 5. The van der Waals surface area contributed by atoms with E-state index in [1.54, 1.807) is 6.07 Å². The van der Waals surface area contributed by atoms with Gasteiger partial charge in [0.25, 0.3) is 5.91 Å². The lowest BCUT2D eigenvalue weighted by Gasteiger charge is -2.30. The Kier molecular flexibility index (Phi) is 8.08. The monoisotopic (exact) mass is 557 g/mol. The zero-order valence-electron chi connectivity index (χ0n) is 21.7. The number of amides is 1. The number of piperidine rings is 2. The number of rotatable bonds is 7. The fourth-order valence-corrected chi connectivity index (χ4v) is 4.78. The van der Waals surface area contributed by atoms with Crippen molar-refractivity contribution in [1.29, 1.82) is 0 Å². The summed E-state index contributed by atoms with van der Waals surface area (Å²) in [6.45, 7) is 3.49. The van der Waals surface area contributed by atoms with Gasteiger partial charge in [-0.3, -0.25) is 4.79 Å². The molecule has 40 heavy (non-hydrogen) atoms. The van der Waals surface area contributed by atoms with Crippen molar-refractivity contribution in [3.63, 3.8) is 0 Å². The Bertz CT molecular complexity index is 1310. The zero-order chi connectivity index (χ0) is 28.1. The van der Waals surface area contributed by atoms with E-state index in [0.717, 1.165) is 64.0 Å². The molecule has 2 aliphatic rings. The van der Waals surface area contributed by atoms with Crippen LogP contribution < -0.4 is 25.2 Å². The van der Waals surface area contributed by atoms with Gasteiger partial charge in [0.15, 0.2) is 0 Å². The number of carbonyl (C=O) groups is 1. The van der Waals surface area contributed by atoms with E-state index < -0.39 is 18.0 Å². The number of nitrogens with one attached hydrogen (secondary N) is 2. The number of aromatic nitrogens is 3. The van der Waals surface area contributed by atoms with Gasteiger partial charge in [-0.1, -0.05) is 6.07 Å². The van der Waals surface area contributed by atoms with E-state index in [2.05, 4.69) is 35.1 Å². The number of phenols is 1. The third kappa shape index (κ3) is 7.01. The Hall–Kier alpha value is -4.29. The second-order valence-corrected chi connectivity index (χ2v) is 9.74. The molecule has 0 saturated carbocycles. The van der Waals surface area contributed by atoms with Crippen molar-refractivity contribution in [2.75, 3.05) is 46.6 Å². The van der Waals surface area contributed by atoms with Gasteiger partial charge < -0.3 is 30.3 Å². The zero-order valence-corrected chi connectivity index (χ0v) is 21.7. The summed E-state index contributed by atoms with van der Waals surface area (Å²) in [7, 11) is 0. The van der Waals surface area contributed by atoms with Gasteiger partial charge in [-0.15, -0.1) is 13.2 Å². The minimum atomic E-state index is -4.86. The van der Waals surface area contributed by atoms with E-state index in [-0.39, 0.29) is 17.0 Å². The largest absolute Gasteiger partial charge is 0.573 e. The molecule has 0 spiro atoms. The molecule has 10 nitrogen and oxygen atoms in total. The first-order valence-corrected chi connectivity index (χ1v) is 13.3. The van der Waals surface area contributed by atoms with Gasteiger partial charge in [-0.2, -0.15) is 15.0 Å². The number of benzene rings is 2. The molecule has 0 aliphatic carbocycles. The first-order valence-electron chi connectivity index (χ1n) is 13.3. The van der Waals surface area contributed by atoms with E-state index in [0.29, 0.717) is 23.5 Å². The van der Waals surface area contributed by atoms with Crippen LogP contribution in [0.25, 0.3) is 0 Å². The van der Waals surface area contributed by atoms with Gasteiger partial charge in [0.1, 0.15) is 11.5 Å². The molecule has 1 amide bonds. The Morgan fingerprint density at radius 2 is 1.45 bits per heavy atom. The number of alkyl halides is 3. The third-order valence-corrected chi connectivity index (χ3v) is 6.71. The van der Waals surface area contributed by atoms with Crippen LogP contribution in [0.5, 0.6) is 11.5 Å². The molecule has 5 rings (SSSR count). The summed E-state index contributed by atoms with van der Waals surface area (Å²) in [4.78, 5) is 31.1. The Morgan fingerprint density at radius 1 is 0.825 bits per heavy atom. The Balaban J connectivity index is 1.32. The van der Waals surface area contributed by atoms with Crippen LogP contribution in [0.1, 0.15) is 48.9 Å². The van der Waals surface area contributed by atoms with Crippen molar-refractivity contribution in [3.05, 3.63) is 48.0 Å². The number of halogens is 3. The number of carbonyl (C=O) groups excluding carboxylic acids is 1. The van der Waals surface area contributed by atoms with Crippen LogP contribution >= 0.6 is 0 Å². The molecule has 3 heterocycles. The first kappa shape index (κ1) is 27.3. The Labute approximate surface area is 229 Å². The fraction of sp³-hybridized carbons (Fsp3) is 0.407. The average molecular weight is 558 g/mol. The number of ether oxygens (including phenoxy) is 1. The summed E-state index contributed by atoms with van der Waals surface area (Å²) >= 11 is 0. The number of aromatic hydroxyl groups is 1. The summed E-state index contributed by atoms with van der Waals surface area (Å²) in [6.07, 6.45) is 1.80. The lowest BCUT2D eigenvalue weighted by Crippen LogP contribution is -2.34. The fourth-order valence-electron chi connectivity index (χ4n) is 4.78. The lowest BCUT2D eigenvalue weighted by molar-refractivity contribution is -0.274. The summed E-state index contributed by atoms with van der Waals surface area (Å²) < 4.78 is 41.4. The smallest absolute Gasteiger partial charge is 0.507 e. The number of phenolic OH excluding ortho intramolecular Hbond substituents is 1. The standard InChI is InChI=1S/C27H30F3N7O3/c28-27(29,30)40-20-9-7-8-18(16-20)31-23(39)21-11-10-19(17-22(21)38)32-24-33-25(36-12-3-1-4-13-36)35-26(34-24)37-14-5-2-6-15-37/h7-11,16-17,38H,1-6,12-15H2,(H,31,39)(H,32,33,34,35). The number of hydrogen-bond donors (Lipinski definition) is 3. The molecule has 2 aromatic carbocycles. The molecule has 1 aromatic heterocycles. The van der Waals surface area contributed by atoms with Crippen molar-refractivity contribution in [3.8, 4) is 11.5 Å². The third-order valence-electron chi connectivity index (χ3n) is 6.71. The lowest BCUT2D eigenvalue weighted by atomic mass is 10.1. The van der Waals surface area contributed by atoms with Gasteiger partial charge in [0.05, 0.1) is 5.56 Å². The van der Waals surface area contributed by atoms with Crippen LogP contribution in [0.2, 0.25) is 0 Å². The molecule has 0 bridgehead atoms. The first-order chi connectivity index (χ1) is 19.2. The molecule has 0 unspecified atom stereocenters. The van der Waals surface area contributed by atoms with Crippen LogP contribution in [0.4, 0.5) is 42.4 Å². The minimum Gasteiger partial charge on any atom is -0.507 e. The molecule has 2 fully saturated rings. The van der Waals surface area contributed by atoms with Crippen molar-refractivity contribution in [1.82, 2.24) is 15.0 Å². The van der Waals surface area contributed by atoms with E-state index in [9.17, 15) is 23.1 Å². The van der Waals surface area contributed by atoms with E-state index >= 15 is 0 Å². The van der Waals surface area contributed by atoms with Crippen molar-refractivity contribution >= 4 is 35.1 Å². The van der Waals surface area contributed by atoms with Crippen LogP contribution in [-0.4, -0.2) is 58.5 Å². The molecular formula is C27H30F3N7O3. The summed E-state index contributed by atoms with van der Waals surface area (Å²) in [5.74, 6) is 0.0397. The van der Waals surface area contributed by atoms with E-state index in [1.807, 2.05) is 0 Å². The maximum Gasteiger partial charge on any atom is 0.573 e. The number of nitrogens with zero attached hydrogens (tertiary/aromatic N) is 5. The molecule has 3 aromatic rings.